The van der Waals surface area contributed by atoms with E-state index in [1.54, 1.807) is 12.1 Å². The van der Waals surface area contributed by atoms with E-state index in [4.69, 9.17) is 4.98 Å². The number of benzene rings is 2. The lowest BCUT2D eigenvalue weighted by atomic mass is 10.1. The van der Waals surface area contributed by atoms with Gasteiger partial charge in [0.05, 0.1) is 0 Å². The fourth-order valence-corrected chi connectivity index (χ4v) is 5.50. The second kappa shape index (κ2) is 11.1. The first-order valence-corrected chi connectivity index (χ1v) is 13.0. The molecule has 0 bridgehead atoms. The topological polar surface area (TPSA) is 52.6 Å². The van der Waals surface area contributed by atoms with E-state index in [0.717, 1.165) is 62.8 Å². The Morgan fingerprint density at radius 3 is 2.57 bits per heavy atom. The zero-order chi connectivity index (χ0) is 24.0. The average Bonchev–Trinajstić information content (AvgIpc) is 3.56. The maximum absolute atomic E-state index is 13.4. The van der Waals surface area contributed by atoms with E-state index in [2.05, 4.69) is 38.5 Å². The van der Waals surface area contributed by atoms with Gasteiger partial charge in [0.2, 0.25) is 11.0 Å². The Labute approximate surface area is 209 Å². The second-order valence-corrected chi connectivity index (χ2v) is 9.82. The number of rotatable bonds is 7. The third kappa shape index (κ3) is 5.94. The average molecular weight is 492 g/mol. The maximum Gasteiger partial charge on any atom is 0.245 e. The molecule has 0 saturated carbocycles. The van der Waals surface area contributed by atoms with E-state index in [1.807, 2.05) is 23.1 Å². The van der Waals surface area contributed by atoms with Gasteiger partial charge in [0.25, 0.3) is 0 Å². The molecule has 8 heteroatoms. The Morgan fingerprint density at radius 1 is 1.03 bits per heavy atom. The van der Waals surface area contributed by atoms with Crippen LogP contribution in [0.1, 0.15) is 29.8 Å². The number of halogens is 1. The first-order valence-electron chi connectivity index (χ1n) is 12.2. The highest BCUT2D eigenvalue weighted by atomic mass is 32.1. The van der Waals surface area contributed by atoms with Crippen LogP contribution in [-0.4, -0.2) is 70.4 Å². The van der Waals surface area contributed by atoms with Gasteiger partial charge in [-0.3, -0.25) is 9.69 Å². The van der Waals surface area contributed by atoms with E-state index >= 15 is 0 Å². The molecule has 5 rings (SSSR count). The predicted octanol–water partition coefficient (Wildman–Crippen LogP) is 4.09. The smallest absolute Gasteiger partial charge is 0.245 e. The molecule has 35 heavy (non-hydrogen) atoms. The van der Waals surface area contributed by atoms with Gasteiger partial charge in [-0.1, -0.05) is 54.6 Å². The normalized spacial score (nSPS) is 19.1. The van der Waals surface area contributed by atoms with Gasteiger partial charge in [-0.05, 0) is 36.1 Å². The molecule has 182 valence electrons. The summed E-state index contributed by atoms with van der Waals surface area (Å²) in [6.45, 7) is 5.01. The highest BCUT2D eigenvalue weighted by molar-refractivity contribution is 7.09. The molecule has 0 N–H and O–H groups in total. The van der Waals surface area contributed by atoms with Crippen molar-refractivity contribution < 1.29 is 9.18 Å². The summed E-state index contributed by atoms with van der Waals surface area (Å²) in [6, 6.07) is 16.6. The van der Waals surface area contributed by atoms with Crippen molar-refractivity contribution in [1.82, 2.24) is 19.2 Å². The molecular weight excluding hydrogens is 461 g/mol. The van der Waals surface area contributed by atoms with Crippen LogP contribution in [0.3, 0.4) is 0 Å². The van der Waals surface area contributed by atoms with Gasteiger partial charge in [-0.15, -0.1) is 0 Å². The molecular formula is C27H30FN5OS. The lowest BCUT2D eigenvalue weighted by molar-refractivity contribution is -0.134. The Bertz CT molecular complexity index is 1140. The van der Waals surface area contributed by atoms with Crippen LogP contribution in [0.4, 0.5) is 9.52 Å². The molecule has 2 saturated heterocycles. The summed E-state index contributed by atoms with van der Waals surface area (Å²) >= 11 is 1.35. The minimum absolute atomic E-state index is 0.161. The molecule has 3 aromatic rings. The van der Waals surface area contributed by atoms with E-state index in [1.165, 1.54) is 29.2 Å². The molecule has 6 nitrogen and oxygen atoms in total. The zero-order valence-corrected chi connectivity index (χ0v) is 20.5. The Morgan fingerprint density at radius 2 is 1.80 bits per heavy atom. The van der Waals surface area contributed by atoms with Gasteiger partial charge >= 0.3 is 0 Å². The summed E-state index contributed by atoms with van der Waals surface area (Å²) in [5, 5.41) is 0.808. The van der Waals surface area contributed by atoms with Crippen LogP contribution < -0.4 is 4.90 Å². The van der Waals surface area contributed by atoms with E-state index in [0.29, 0.717) is 12.2 Å². The highest BCUT2D eigenvalue weighted by Gasteiger charge is 2.36. The van der Waals surface area contributed by atoms with Crippen LogP contribution in [0.5, 0.6) is 0 Å². The van der Waals surface area contributed by atoms with Crippen molar-refractivity contribution in [2.75, 3.05) is 44.2 Å². The van der Waals surface area contributed by atoms with Crippen molar-refractivity contribution >= 4 is 28.6 Å². The fourth-order valence-electron chi connectivity index (χ4n) is 4.73. The fraction of sp³-hybridized carbons (Fsp3) is 0.370. The minimum Gasteiger partial charge on any atom is -0.338 e. The molecule has 0 spiro atoms. The molecule has 1 atom stereocenters. The number of hydrogen-bond donors (Lipinski definition) is 0. The van der Waals surface area contributed by atoms with Crippen molar-refractivity contribution in [3.05, 3.63) is 83.4 Å². The number of nitrogens with zero attached hydrogens (tertiary/aromatic N) is 5. The third-order valence-electron chi connectivity index (χ3n) is 6.67. The number of aromatic nitrogens is 2. The van der Waals surface area contributed by atoms with E-state index in [9.17, 15) is 9.18 Å². The molecule has 2 aromatic carbocycles. The van der Waals surface area contributed by atoms with Crippen LogP contribution >= 0.6 is 11.5 Å². The largest absolute Gasteiger partial charge is 0.338 e. The van der Waals surface area contributed by atoms with Crippen molar-refractivity contribution in [2.45, 2.75) is 25.3 Å². The van der Waals surface area contributed by atoms with Gasteiger partial charge in [-0.25, -0.2) is 9.37 Å². The summed E-state index contributed by atoms with van der Waals surface area (Å²) in [6.07, 6.45) is 6.74. The van der Waals surface area contributed by atoms with Gasteiger partial charge in [0.15, 0.2) is 0 Å². The number of hydrogen-bond acceptors (Lipinski definition) is 6. The molecule has 2 aliphatic rings. The van der Waals surface area contributed by atoms with E-state index in [-0.39, 0.29) is 17.8 Å². The zero-order valence-electron chi connectivity index (χ0n) is 19.7. The summed E-state index contributed by atoms with van der Waals surface area (Å²) in [5.41, 5.74) is 2.18. The molecule has 0 aliphatic carbocycles. The number of carbonyl (C=O) groups is 1. The molecule has 3 heterocycles. The van der Waals surface area contributed by atoms with Gasteiger partial charge in [0, 0.05) is 57.2 Å². The van der Waals surface area contributed by atoms with Crippen LogP contribution in [0, 0.1) is 5.82 Å². The summed E-state index contributed by atoms with van der Waals surface area (Å²) in [4.78, 5) is 24.6. The summed E-state index contributed by atoms with van der Waals surface area (Å²) in [7, 11) is 0. The third-order valence-corrected chi connectivity index (χ3v) is 7.47. The van der Waals surface area contributed by atoms with Gasteiger partial charge < -0.3 is 9.80 Å². The Balaban J connectivity index is 1.14. The summed E-state index contributed by atoms with van der Waals surface area (Å²) < 4.78 is 17.7. The molecule has 2 aliphatic heterocycles. The Kier molecular flexibility index (Phi) is 7.49. The molecule has 1 aromatic heterocycles. The Hall–Kier alpha value is -3.10. The number of amides is 1. The van der Waals surface area contributed by atoms with Crippen molar-refractivity contribution in [3.63, 3.8) is 0 Å². The SMILES string of the molecule is O=C(C1CCCN1c1nc(Cc2ccc(F)cc2)ns1)N1CCN(CC=Cc2ccccc2)CC1. The second-order valence-electron chi connectivity index (χ2n) is 9.09. The van der Waals surface area contributed by atoms with Crippen molar-refractivity contribution in [3.8, 4) is 0 Å². The van der Waals surface area contributed by atoms with Crippen LogP contribution in [-0.2, 0) is 11.2 Å². The lowest BCUT2D eigenvalue weighted by Crippen LogP contribution is -2.53. The molecule has 1 amide bonds. The van der Waals surface area contributed by atoms with Crippen LogP contribution in [0.2, 0.25) is 0 Å². The van der Waals surface area contributed by atoms with Crippen LogP contribution in [0.15, 0.2) is 60.7 Å². The summed E-state index contributed by atoms with van der Waals surface area (Å²) in [5.74, 6) is 0.674. The first-order chi connectivity index (χ1) is 17.2. The maximum atomic E-state index is 13.4. The van der Waals surface area contributed by atoms with Gasteiger partial charge in [0.1, 0.15) is 17.7 Å². The standard InChI is InChI=1S/C27H30FN5OS/c28-23-12-10-22(11-13-23)20-25-29-27(35-30-25)33-15-5-9-24(33)26(34)32-18-16-31(17-19-32)14-4-8-21-6-2-1-3-7-21/h1-4,6-8,10-13,24H,5,9,14-20H2. The first kappa shape index (κ1) is 23.6. The lowest BCUT2D eigenvalue weighted by Gasteiger charge is -2.36. The van der Waals surface area contributed by atoms with E-state index < -0.39 is 0 Å². The molecule has 2 fully saturated rings. The molecule has 0 radical (unpaired) electrons. The highest BCUT2D eigenvalue weighted by Crippen LogP contribution is 2.29. The van der Waals surface area contributed by atoms with Crippen LogP contribution in [0.25, 0.3) is 6.08 Å². The quantitative estimate of drug-likeness (QED) is 0.498. The number of carbonyl (C=O) groups excluding carboxylic acids is 1. The van der Waals surface area contributed by atoms with Crippen molar-refractivity contribution in [1.29, 1.82) is 0 Å². The minimum atomic E-state index is -0.247. The number of piperazine rings is 1. The predicted molar refractivity (Wildman–Crippen MR) is 138 cm³/mol. The van der Waals surface area contributed by atoms with Gasteiger partial charge in [-0.2, -0.15) is 4.37 Å². The van der Waals surface area contributed by atoms with Crippen molar-refractivity contribution in [2.24, 2.45) is 0 Å². The monoisotopic (exact) mass is 491 g/mol. The molecule has 1 unspecified atom stereocenters. The number of anilines is 1.